The topological polar surface area (TPSA) is 75.6 Å². The van der Waals surface area contributed by atoms with Crippen molar-refractivity contribution in [2.24, 2.45) is 9.98 Å². The summed E-state index contributed by atoms with van der Waals surface area (Å²) in [5.41, 5.74) is 0. The molecule has 0 radical (unpaired) electrons. The van der Waals surface area contributed by atoms with Crippen LogP contribution in [0.15, 0.2) is 9.98 Å². The molecule has 0 saturated heterocycles. The largest absolute Gasteiger partial charge is 0.287 e. The quantitative estimate of drug-likeness (QED) is 0.250. The number of rotatable bonds is 0. The zero-order valence-corrected chi connectivity index (χ0v) is 7.37. The molecule has 0 rings (SSSR count). The van der Waals surface area contributed by atoms with Gasteiger partial charge in [0.1, 0.15) is 5.84 Å². The average Bonchev–Trinajstić information content (AvgIpc) is 2.01. The Bertz CT molecular complexity index is 257. The van der Waals surface area contributed by atoms with Crippen molar-refractivity contribution in [2.45, 2.75) is 13.8 Å². The van der Waals surface area contributed by atoms with Crippen LogP contribution in [0.5, 0.6) is 0 Å². The lowest BCUT2D eigenvalue weighted by Crippen LogP contribution is -2.20. The fourth-order valence-corrected chi connectivity index (χ4v) is 0.501. The smallest absolute Gasteiger partial charge is 0.239 e. The molecule has 0 heterocycles. The van der Waals surface area contributed by atoms with E-state index in [4.69, 9.17) is 10.7 Å². The van der Waals surface area contributed by atoms with Crippen LogP contribution in [0.2, 0.25) is 0 Å². The molecule has 0 aromatic heterocycles. The minimum Gasteiger partial charge on any atom is -0.287 e. The highest BCUT2D eigenvalue weighted by atomic mass is 15.2. The first-order valence-electron chi connectivity index (χ1n) is 3.37. The van der Waals surface area contributed by atoms with Crippen LogP contribution in [0.25, 0.3) is 0 Å². The predicted molar refractivity (Wildman–Crippen MR) is 48.4 cm³/mol. The van der Waals surface area contributed by atoms with Crippen molar-refractivity contribution in [1.29, 1.82) is 10.7 Å². The summed E-state index contributed by atoms with van der Waals surface area (Å²) in [6.45, 7) is 3.25. The number of nitriles is 1. The second-order valence-electron chi connectivity index (χ2n) is 2.04. The zero-order chi connectivity index (χ0) is 9.56. The lowest BCUT2D eigenvalue weighted by atomic mass is 10.7. The molecule has 0 aliphatic carbocycles. The minimum atomic E-state index is 0.123. The summed E-state index contributed by atoms with van der Waals surface area (Å²) in [4.78, 5) is 8.76. The minimum absolute atomic E-state index is 0.123. The van der Waals surface area contributed by atoms with Gasteiger partial charge in [-0.05, 0) is 13.8 Å². The van der Waals surface area contributed by atoms with Gasteiger partial charge in [-0.1, -0.05) is 0 Å². The maximum absolute atomic E-state index is 8.50. The first-order valence-corrected chi connectivity index (χ1v) is 3.37. The summed E-state index contributed by atoms with van der Waals surface area (Å²) in [7, 11) is 1.54. The molecule has 0 aliphatic rings. The third-order valence-corrected chi connectivity index (χ3v) is 0.962. The second-order valence-corrected chi connectivity index (χ2v) is 2.04. The van der Waals surface area contributed by atoms with Crippen LogP contribution < -0.4 is 0 Å². The van der Waals surface area contributed by atoms with Crippen LogP contribution in [0.3, 0.4) is 0 Å². The fraction of sp³-hybridized carbons (Fsp3) is 0.429. The Morgan fingerprint density at radius 1 is 1.67 bits per heavy atom. The maximum Gasteiger partial charge on any atom is 0.239 e. The van der Waals surface area contributed by atoms with Crippen molar-refractivity contribution in [3.8, 4) is 6.19 Å². The van der Waals surface area contributed by atoms with Crippen molar-refractivity contribution in [3.05, 3.63) is 0 Å². The molecule has 0 aromatic carbocycles. The summed E-state index contributed by atoms with van der Waals surface area (Å²) >= 11 is 0. The molecule has 0 fully saturated rings. The summed E-state index contributed by atoms with van der Waals surface area (Å²) in [5, 5.41) is 15.6. The lowest BCUT2D eigenvalue weighted by molar-refractivity contribution is 0.702. The molecule has 12 heavy (non-hydrogen) atoms. The molecule has 0 aliphatic heterocycles. The second kappa shape index (κ2) is 5.02. The van der Waals surface area contributed by atoms with Crippen molar-refractivity contribution in [1.82, 2.24) is 4.90 Å². The van der Waals surface area contributed by atoms with Gasteiger partial charge in [0.15, 0.2) is 6.19 Å². The first kappa shape index (κ1) is 10.3. The predicted octanol–water partition coefficient (Wildman–Crippen LogP) is 0.843. The molecule has 0 unspecified atom stereocenters. The number of aliphatic imine (C=N–C) groups is 2. The molecule has 0 amide bonds. The van der Waals surface area contributed by atoms with E-state index < -0.39 is 0 Å². The number of hydrogen-bond donors (Lipinski definition) is 1. The summed E-state index contributed by atoms with van der Waals surface area (Å²) in [6.07, 6.45) is 3.37. The van der Waals surface area contributed by atoms with Crippen molar-refractivity contribution in [2.75, 3.05) is 7.05 Å². The van der Waals surface area contributed by atoms with Gasteiger partial charge in [0.05, 0.1) is 0 Å². The normalized spacial score (nSPS) is 11.3. The van der Waals surface area contributed by atoms with Crippen LogP contribution in [0.4, 0.5) is 0 Å². The van der Waals surface area contributed by atoms with Crippen LogP contribution in [0, 0.1) is 16.9 Å². The first-order chi connectivity index (χ1) is 5.61. The molecule has 5 heteroatoms. The van der Waals surface area contributed by atoms with Gasteiger partial charge in [0, 0.05) is 13.3 Å². The van der Waals surface area contributed by atoms with E-state index in [2.05, 4.69) is 9.98 Å². The van der Waals surface area contributed by atoms with E-state index in [0.717, 1.165) is 0 Å². The third-order valence-electron chi connectivity index (χ3n) is 0.962. The van der Waals surface area contributed by atoms with E-state index in [0.29, 0.717) is 0 Å². The fourth-order valence-electron chi connectivity index (χ4n) is 0.501. The van der Waals surface area contributed by atoms with Gasteiger partial charge < -0.3 is 0 Å². The van der Waals surface area contributed by atoms with E-state index in [-0.39, 0.29) is 11.8 Å². The van der Waals surface area contributed by atoms with Gasteiger partial charge in [0.25, 0.3) is 0 Å². The molecular weight excluding hydrogens is 154 g/mol. The molecule has 0 atom stereocenters. The number of amidine groups is 1. The van der Waals surface area contributed by atoms with Gasteiger partial charge in [-0.3, -0.25) is 10.3 Å². The van der Waals surface area contributed by atoms with E-state index in [9.17, 15) is 0 Å². The van der Waals surface area contributed by atoms with Crippen LogP contribution in [0.1, 0.15) is 13.8 Å². The van der Waals surface area contributed by atoms with Gasteiger partial charge in [-0.15, -0.1) is 0 Å². The number of nitrogens with zero attached hydrogens (tertiary/aromatic N) is 4. The standard InChI is InChI=1S/C7H11N5/c1-4-10-7(11-6(2)9)12(3)5-8/h4,9H,1-3H3/b9-6?,10-4-,11-7?. The van der Waals surface area contributed by atoms with Gasteiger partial charge in [-0.25, -0.2) is 4.99 Å². The van der Waals surface area contributed by atoms with Crippen LogP contribution in [-0.4, -0.2) is 30.0 Å². The van der Waals surface area contributed by atoms with E-state index in [1.807, 2.05) is 6.19 Å². The molecule has 0 aromatic rings. The van der Waals surface area contributed by atoms with E-state index >= 15 is 0 Å². The van der Waals surface area contributed by atoms with E-state index in [1.165, 1.54) is 25.1 Å². The SMILES string of the molecule is C/C=N\C(=NC(C)=N)N(C)C#N. The monoisotopic (exact) mass is 165 g/mol. The lowest BCUT2D eigenvalue weighted by Gasteiger charge is -2.05. The Morgan fingerprint density at radius 2 is 2.25 bits per heavy atom. The molecular formula is C7H11N5. The number of nitrogens with one attached hydrogen (secondary N) is 1. The molecule has 0 bridgehead atoms. The highest BCUT2D eigenvalue weighted by Gasteiger charge is 2.01. The van der Waals surface area contributed by atoms with Crippen molar-refractivity contribution in [3.63, 3.8) is 0 Å². The molecule has 64 valence electrons. The van der Waals surface area contributed by atoms with Crippen molar-refractivity contribution < 1.29 is 0 Å². The van der Waals surface area contributed by atoms with Crippen LogP contribution >= 0.6 is 0 Å². The Labute approximate surface area is 71.6 Å². The van der Waals surface area contributed by atoms with Gasteiger partial charge in [-0.2, -0.15) is 10.3 Å². The third kappa shape index (κ3) is 3.46. The Hall–Kier alpha value is -1.70. The van der Waals surface area contributed by atoms with E-state index in [1.54, 1.807) is 6.92 Å². The summed E-state index contributed by atoms with van der Waals surface area (Å²) in [6, 6.07) is 0. The average molecular weight is 165 g/mol. The van der Waals surface area contributed by atoms with Crippen molar-refractivity contribution >= 4 is 18.0 Å². The number of guanidine groups is 1. The van der Waals surface area contributed by atoms with Gasteiger partial charge in [0.2, 0.25) is 5.96 Å². The molecule has 0 saturated carbocycles. The highest BCUT2D eigenvalue weighted by Crippen LogP contribution is 1.88. The maximum atomic E-state index is 8.50. The molecule has 0 spiro atoms. The highest BCUT2D eigenvalue weighted by molar-refractivity contribution is 5.97. The zero-order valence-electron chi connectivity index (χ0n) is 7.37. The number of hydrogen-bond acceptors (Lipinski definition) is 2. The summed E-state index contributed by atoms with van der Waals surface area (Å²) in [5.74, 6) is 0.352. The van der Waals surface area contributed by atoms with Crippen LogP contribution in [-0.2, 0) is 0 Å². The molecule has 5 nitrogen and oxygen atoms in total. The Kier molecular flexibility index (Phi) is 4.31. The summed E-state index contributed by atoms with van der Waals surface area (Å²) < 4.78 is 0. The van der Waals surface area contributed by atoms with Gasteiger partial charge >= 0.3 is 0 Å². The Balaban J connectivity index is 4.68. The Morgan fingerprint density at radius 3 is 2.58 bits per heavy atom. The molecule has 1 N–H and O–H groups in total.